The highest BCUT2D eigenvalue weighted by molar-refractivity contribution is 5.87. The molecule has 0 amide bonds. The zero-order chi connectivity index (χ0) is 10.2. The number of ketones is 1. The number of hydrogen-bond acceptors (Lipinski definition) is 1. The van der Waals surface area contributed by atoms with Crippen molar-refractivity contribution in [3.8, 4) is 0 Å². The maximum Gasteiger partial charge on any atom is 0.137 e. The van der Waals surface area contributed by atoms with Crippen LogP contribution in [0, 0.1) is 6.42 Å². The predicted molar refractivity (Wildman–Crippen MR) is 59.0 cm³/mol. The highest BCUT2D eigenvalue weighted by atomic mass is 16.1. The van der Waals surface area contributed by atoms with Crippen LogP contribution in [-0.2, 0) is 11.2 Å². The zero-order valence-electron chi connectivity index (χ0n) is 8.70. The van der Waals surface area contributed by atoms with Crippen molar-refractivity contribution in [3.63, 3.8) is 0 Å². The minimum atomic E-state index is 0.274. The lowest BCUT2D eigenvalue weighted by atomic mass is 10.0. The number of unbranched alkanes of at least 4 members (excludes halogenated alkanes) is 1. The number of carbonyl (C=O) groups excluding carboxylic acids is 1. The molecule has 0 atom stereocenters. The first-order valence-corrected chi connectivity index (χ1v) is 5.23. The third kappa shape index (κ3) is 4.22. The predicted octanol–water partition coefficient (Wildman–Crippen LogP) is 3.19. The second-order valence-corrected chi connectivity index (χ2v) is 3.46. The number of Topliss-reactive ketones (excluding diaryl/α,β-unsaturated/α-hetero) is 1. The number of benzene rings is 1. The van der Waals surface area contributed by atoms with Gasteiger partial charge >= 0.3 is 0 Å². The van der Waals surface area contributed by atoms with E-state index in [-0.39, 0.29) is 5.78 Å². The van der Waals surface area contributed by atoms with Gasteiger partial charge in [0, 0.05) is 12.8 Å². The van der Waals surface area contributed by atoms with Crippen molar-refractivity contribution < 1.29 is 4.79 Å². The first-order valence-electron chi connectivity index (χ1n) is 5.23. The molecule has 0 saturated heterocycles. The Hall–Kier alpha value is -1.11. The van der Waals surface area contributed by atoms with Crippen LogP contribution in [0.4, 0.5) is 0 Å². The van der Waals surface area contributed by atoms with Crippen LogP contribution < -0.4 is 0 Å². The lowest BCUT2D eigenvalue weighted by Gasteiger charge is -1.99. The van der Waals surface area contributed by atoms with Crippen molar-refractivity contribution in [2.75, 3.05) is 0 Å². The third-order valence-electron chi connectivity index (χ3n) is 2.18. The van der Waals surface area contributed by atoms with E-state index in [1.54, 1.807) is 6.42 Å². The maximum atomic E-state index is 11.3. The molecule has 0 heterocycles. The van der Waals surface area contributed by atoms with Crippen LogP contribution in [0.1, 0.15) is 31.7 Å². The molecule has 0 saturated carbocycles. The molecule has 0 aliphatic rings. The largest absolute Gasteiger partial charge is 0.299 e. The fraction of sp³-hybridized carbons (Fsp3) is 0.385. The van der Waals surface area contributed by atoms with E-state index in [4.69, 9.17) is 0 Å². The molecular weight excluding hydrogens is 172 g/mol. The number of carbonyl (C=O) groups is 1. The Morgan fingerprint density at radius 2 is 2.00 bits per heavy atom. The molecule has 0 unspecified atom stereocenters. The number of hydrogen-bond donors (Lipinski definition) is 0. The molecule has 1 aromatic rings. The summed E-state index contributed by atoms with van der Waals surface area (Å²) in [5.74, 6) is 0.274. The van der Waals surface area contributed by atoms with Crippen LogP contribution >= 0.6 is 0 Å². The van der Waals surface area contributed by atoms with Crippen molar-refractivity contribution in [1.82, 2.24) is 0 Å². The van der Waals surface area contributed by atoms with Gasteiger partial charge in [-0.1, -0.05) is 43.7 Å². The standard InChI is InChI=1S/C13H17O/c1-2-3-9-13(14)11-10-12-7-5-4-6-8-12/h4-8,11H,2-3,9-10H2,1H3. The van der Waals surface area contributed by atoms with Crippen molar-refractivity contribution in [3.05, 3.63) is 42.3 Å². The van der Waals surface area contributed by atoms with Crippen molar-refractivity contribution >= 4 is 5.78 Å². The Balaban J connectivity index is 2.24. The molecule has 1 heteroatoms. The molecule has 1 nitrogen and oxygen atoms in total. The van der Waals surface area contributed by atoms with E-state index in [0.717, 1.165) is 19.3 Å². The summed E-state index contributed by atoms with van der Waals surface area (Å²) in [5.41, 5.74) is 1.21. The van der Waals surface area contributed by atoms with Crippen molar-refractivity contribution in [1.29, 1.82) is 0 Å². The molecule has 0 aromatic heterocycles. The summed E-state index contributed by atoms with van der Waals surface area (Å²) in [7, 11) is 0. The van der Waals surface area contributed by atoms with Gasteiger partial charge in [-0.2, -0.15) is 0 Å². The minimum Gasteiger partial charge on any atom is -0.299 e. The Bertz CT molecular complexity index is 264. The minimum absolute atomic E-state index is 0.274. The zero-order valence-corrected chi connectivity index (χ0v) is 8.70. The monoisotopic (exact) mass is 189 g/mol. The SMILES string of the molecule is CCCCC(=O)[CH]Cc1ccccc1. The molecule has 14 heavy (non-hydrogen) atoms. The Kier molecular flexibility index (Phi) is 4.98. The maximum absolute atomic E-state index is 11.3. The average molecular weight is 189 g/mol. The smallest absolute Gasteiger partial charge is 0.137 e. The van der Waals surface area contributed by atoms with Crippen LogP contribution in [0.3, 0.4) is 0 Å². The highest BCUT2D eigenvalue weighted by Gasteiger charge is 2.01. The molecule has 0 spiro atoms. The molecule has 75 valence electrons. The Morgan fingerprint density at radius 3 is 2.64 bits per heavy atom. The molecule has 1 aromatic carbocycles. The van der Waals surface area contributed by atoms with Gasteiger partial charge in [0.1, 0.15) is 5.78 Å². The summed E-state index contributed by atoms with van der Waals surface area (Å²) in [6.07, 6.45) is 5.35. The molecule has 1 rings (SSSR count). The van der Waals surface area contributed by atoms with Crippen molar-refractivity contribution in [2.45, 2.75) is 32.6 Å². The van der Waals surface area contributed by atoms with Gasteiger partial charge in [0.15, 0.2) is 0 Å². The molecule has 0 N–H and O–H groups in total. The van der Waals surface area contributed by atoms with Crippen LogP contribution in [0.25, 0.3) is 0 Å². The summed E-state index contributed by atoms with van der Waals surface area (Å²) < 4.78 is 0. The fourth-order valence-electron chi connectivity index (χ4n) is 1.30. The summed E-state index contributed by atoms with van der Waals surface area (Å²) in [4.78, 5) is 11.3. The van der Waals surface area contributed by atoms with Crippen LogP contribution in [0.5, 0.6) is 0 Å². The molecular formula is C13H17O. The van der Waals surface area contributed by atoms with E-state index >= 15 is 0 Å². The molecule has 0 aliphatic heterocycles. The lowest BCUT2D eigenvalue weighted by molar-refractivity contribution is -0.116. The van der Waals surface area contributed by atoms with E-state index in [1.165, 1.54) is 5.56 Å². The highest BCUT2D eigenvalue weighted by Crippen LogP contribution is 2.04. The van der Waals surface area contributed by atoms with E-state index in [2.05, 4.69) is 6.92 Å². The van der Waals surface area contributed by atoms with E-state index in [0.29, 0.717) is 6.42 Å². The summed E-state index contributed by atoms with van der Waals surface area (Å²) >= 11 is 0. The molecule has 1 radical (unpaired) electrons. The van der Waals surface area contributed by atoms with Gasteiger partial charge in [0.05, 0.1) is 0 Å². The quantitative estimate of drug-likeness (QED) is 0.671. The van der Waals surface area contributed by atoms with Crippen molar-refractivity contribution in [2.24, 2.45) is 0 Å². The van der Waals surface area contributed by atoms with Gasteiger partial charge < -0.3 is 0 Å². The molecule has 0 bridgehead atoms. The average Bonchev–Trinajstić information content (AvgIpc) is 2.25. The topological polar surface area (TPSA) is 17.1 Å². The fourth-order valence-corrected chi connectivity index (χ4v) is 1.30. The van der Waals surface area contributed by atoms with Gasteiger partial charge in [-0.05, 0) is 18.4 Å². The Morgan fingerprint density at radius 1 is 1.29 bits per heavy atom. The van der Waals surface area contributed by atoms with E-state index in [1.807, 2.05) is 30.3 Å². The molecule has 0 aliphatic carbocycles. The lowest BCUT2D eigenvalue weighted by Crippen LogP contribution is -2.00. The van der Waals surface area contributed by atoms with Crippen LogP contribution in [0.15, 0.2) is 30.3 Å². The normalized spacial score (nSPS) is 10.1. The first-order chi connectivity index (χ1) is 6.83. The molecule has 0 fully saturated rings. The Labute approximate surface area is 86.1 Å². The number of rotatable bonds is 6. The van der Waals surface area contributed by atoms with Crippen LogP contribution in [0.2, 0.25) is 0 Å². The van der Waals surface area contributed by atoms with Crippen LogP contribution in [-0.4, -0.2) is 5.78 Å². The van der Waals surface area contributed by atoms with Gasteiger partial charge in [-0.15, -0.1) is 0 Å². The van der Waals surface area contributed by atoms with Gasteiger partial charge in [0.2, 0.25) is 0 Å². The van der Waals surface area contributed by atoms with E-state index in [9.17, 15) is 4.79 Å². The first kappa shape index (κ1) is 11.0. The summed E-state index contributed by atoms with van der Waals surface area (Å²) in [6, 6.07) is 10.1. The third-order valence-corrected chi connectivity index (χ3v) is 2.18. The van der Waals surface area contributed by atoms with E-state index < -0.39 is 0 Å². The second-order valence-electron chi connectivity index (χ2n) is 3.46. The summed E-state index contributed by atoms with van der Waals surface area (Å²) in [5, 5.41) is 0. The van der Waals surface area contributed by atoms with Gasteiger partial charge in [-0.3, -0.25) is 4.79 Å². The summed E-state index contributed by atoms with van der Waals surface area (Å²) in [6.45, 7) is 2.10. The van der Waals surface area contributed by atoms with Gasteiger partial charge in [0.25, 0.3) is 0 Å². The second kappa shape index (κ2) is 6.36. The van der Waals surface area contributed by atoms with Gasteiger partial charge in [-0.25, -0.2) is 0 Å².